The van der Waals surface area contributed by atoms with Crippen molar-refractivity contribution in [2.75, 3.05) is 0 Å². The van der Waals surface area contributed by atoms with E-state index < -0.39 is 10.5 Å². The number of nitrogens with zero attached hydrogens (tertiary/aromatic N) is 1. The minimum absolute atomic E-state index is 0.0689. The van der Waals surface area contributed by atoms with Crippen molar-refractivity contribution < 1.29 is 9.72 Å². The molecule has 0 saturated carbocycles. The number of rotatable bonds is 5. The number of hydrogen-bond donors (Lipinski definition) is 1. The van der Waals surface area contributed by atoms with Crippen LogP contribution in [0.25, 0.3) is 0 Å². The molecule has 5 heteroatoms. The quantitative estimate of drug-likeness (QED) is 0.468. The highest BCUT2D eigenvalue weighted by atomic mass is 16.6. The Hall–Kier alpha value is -1.91. The van der Waals surface area contributed by atoms with Crippen LogP contribution in [-0.4, -0.2) is 16.9 Å². The molecule has 1 aromatic carbocycles. The predicted octanol–water partition coefficient (Wildman–Crippen LogP) is 1.66. The summed E-state index contributed by atoms with van der Waals surface area (Å²) in [7, 11) is 0. The van der Waals surface area contributed by atoms with Crippen LogP contribution >= 0.6 is 0 Å². The van der Waals surface area contributed by atoms with E-state index in [1.165, 1.54) is 12.1 Å². The molecule has 1 N–H and O–H groups in total. The van der Waals surface area contributed by atoms with Crippen molar-refractivity contribution in [2.24, 2.45) is 0 Å². The number of nitro groups is 1. The topological polar surface area (TPSA) is 72.2 Å². The van der Waals surface area contributed by atoms with Crippen LogP contribution in [0.3, 0.4) is 0 Å². The number of nitrogens with one attached hydrogen (secondary N) is 1. The van der Waals surface area contributed by atoms with Crippen LogP contribution < -0.4 is 5.32 Å². The summed E-state index contributed by atoms with van der Waals surface area (Å²) in [4.78, 5) is 20.5. The number of hydrogen-bond acceptors (Lipinski definition) is 3. The number of non-ortho nitro benzene ring substituents is 1. The van der Waals surface area contributed by atoms with Gasteiger partial charge in [-0.25, -0.2) is 0 Å². The Labute approximate surface area is 93.6 Å². The van der Waals surface area contributed by atoms with Crippen molar-refractivity contribution in [1.82, 2.24) is 5.32 Å². The maximum Gasteiger partial charge on any atom is 0.269 e. The molecule has 0 fully saturated rings. The normalized spacial score (nSPS) is 10.9. The van der Waals surface area contributed by atoms with Crippen LogP contribution in [0.4, 0.5) is 5.69 Å². The van der Waals surface area contributed by atoms with Gasteiger partial charge in [0.2, 0.25) is 6.41 Å². The Morgan fingerprint density at radius 2 is 2.19 bits per heavy atom. The summed E-state index contributed by atoms with van der Waals surface area (Å²) in [6.07, 6.45) is 1.19. The molecule has 0 atom stereocenters. The zero-order valence-corrected chi connectivity index (χ0v) is 9.27. The Kier molecular flexibility index (Phi) is 3.60. The molecule has 1 amide bonds. The average molecular weight is 222 g/mol. The van der Waals surface area contributed by atoms with Crippen molar-refractivity contribution in [3.63, 3.8) is 0 Å². The molecular formula is C11H14N2O3. The molecule has 0 aliphatic heterocycles. The van der Waals surface area contributed by atoms with Gasteiger partial charge in [-0.1, -0.05) is 12.1 Å². The fraction of sp³-hybridized carbons (Fsp3) is 0.364. The molecule has 0 aliphatic carbocycles. The lowest BCUT2D eigenvalue weighted by atomic mass is 9.95. The van der Waals surface area contributed by atoms with Crippen molar-refractivity contribution >= 4 is 12.1 Å². The van der Waals surface area contributed by atoms with E-state index in [9.17, 15) is 14.9 Å². The van der Waals surface area contributed by atoms with E-state index in [0.717, 1.165) is 5.56 Å². The first-order valence-electron chi connectivity index (χ1n) is 4.89. The van der Waals surface area contributed by atoms with Crippen LogP contribution in [0.5, 0.6) is 0 Å². The Morgan fingerprint density at radius 3 is 2.75 bits per heavy atom. The highest BCUT2D eigenvalue weighted by molar-refractivity contribution is 5.48. The minimum atomic E-state index is -0.427. The second-order valence-electron chi connectivity index (χ2n) is 4.25. The summed E-state index contributed by atoms with van der Waals surface area (Å²) >= 11 is 0. The number of benzene rings is 1. The van der Waals surface area contributed by atoms with Gasteiger partial charge in [0.25, 0.3) is 5.69 Å². The highest BCUT2D eigenvalue weighted by Crippen LogP contribution is 2.17. The molecule has 0 aromatic heterocycles. The first-order chi connectivity index (χ1) is 7.44. The number of carbonyl (C=O) groups is 1. The van der Waals surface area contributed by atoms with Crippen LogP contribution in [0.2, 0.25) is 0 Å². The predicted molar refractivity (Wildman–Crippen MR) is 60.1 cm³/mol. The number of amides is 1. The molecule has 0 radical (unpaired) electrons. The van der Waals surface area contributed by atoms with Crippen molar-refractivity contribution in [1.29, 1.82) is 0 Å². The van der Waals surface area contributed by atoms with Gasteiger partial charge in [0, 0.05) is 17.7 Å². The summed E-state index contributed by atoms with van der Waals surface area (Å²) in [5.74, 6) is 0. The average Bonchev–Trinajstić information content (AvgIpc) is 2.17. The standard InChI is InChI=1S/C11H14N2O3/c1-11(2,12-8-14)7-9-4-3-5-10(6-9)13(15)16/h3-6,8H,7H2,1-2H3,(H,12,14). The van der Waals surface area contributed by atoms with Crippen molar-refractivity contribution in [3.05, 3.63) is 39.9 Å². The molecule has 0 heterocycles. The van der Waals surface area contributed by atoms with Crippen LogP contribution in [0.15, 0.2) is 24.3 Å². The number of nitro benzene ring substituents is 1. The van der Waals surface area contributed by atoms with Crippen LogP contribution in [0, 0.1) is 10.1 Å². The lowest BCUT2D eigenvalue weighted by molar-refractivity contribution is -0.384. The van der Waals surface area contributed by atoms with Crippen molar-refractivity contribution in [2.45, 2.75) is 25.8 Å². The number of carbonyl (C=O) groups excluding carboxylic acids is 1. The van der Waals surface area contributed by atoms with E-state index in [2.05, 4.69) is 5.32 Å². The summed E-state index contributed by atoms with van der Waals surface area (Å²) in [5.41, 5.74) is 0.490. The summed E-state index contributed by atoms with van der Waals surface area (Å²) in [6.45, 7) is 3.72. The van der Waals surface area contributed by atoms with Crippen molar-refractivity contribution in [3.8, 4) is 0 Å². The van der Waals surface area contributed by atoms with Gasteiger partial charge in [0.05, 0.1) is 4.92 Å². The molecule has 0 saturated heterocycles. The molecular weight excluding hydrogens is 208 g/mol. The van der Waals surface area contributed by atoms with Crippen LogP contribution in [0.1, 0.15) is 19.4 Å². The molecule has 0 aliphatic rings. The first-order valence-corrected chi connectivity index (χ1v) is 4.89. The van der Waals surface area contributed by atoms with E-state index in [0.29, 0.717) is 12.8 Å². The smallest absolute Gasteiger partial charge is 0.269 e. The highest BCUT2D eigenvalue weighted by Gasteiger charge is 2.18. The molecule has 0 unspecified atom stereocenters. The molecule has 16 heavy (non-hydrogen) atoms. The largest absolute Gasteiger partial charge is 0.353 e. The third kappa shape index (κ3) is 3.34. The van der Waals surface area contributed by atoms with Crippen LogP contribution in [-0.2, 0) is 11.2 Å². The van der Waals surface area contributed by atoms with E-state index >= 15 is 0 Å². The maximum atomic E-state index is 10.6. The van der Waals surface area contributed by atoms with Gasteiger partial charge in [0.1, 0.15) is 0 Å². The summed E-state index contributed by atoms with van der Waals surface area (Å²) < 4.78 is 0. The van der Waals surface area contributed by atoms with Gasteiger partial charge in [-0.3, -0.25) is 14.9 Å². The molecule has 1 aromatic rings. The first kappa shape index (κ1) is 12.2. The van der Waals surface area contributed by atoms with E-state index in [1.54, 1.807) is 12.1 Å². The third-order valence-electron chi connectivity index (χ3n) is 2.22. The fourth-order valence-electron chi connectivity index (χ4n) is 1.50. The second kappa shape index (κ2) is 4.74. The third-order valence-corrected chi connectivity index (χ3v) is 2.22. The van der Waals surface area contributed by atoms with Gasteiger partial charge in [-0.2, -0.15) is 0 Å². The molecule has 1 rings (SSSR count). The lowest BCUT2D eigenvalue weighted by Gasteiger charge is -2.23. The molecule has 0 bridgehead atoms. The van der Waals surface area contributed by atoms with Gasteiger partial charge < -0.3 is 5.32 Å². The summed E-state index contributed by atoms with van der Waals surface area (Å²) in [5, 5.41) is 13.2. The zero-order chi connectivity index (χ0) is 12.2. The lowest BCUT2D eigenvalue weighted by Crippen LogP contribution is -2.40. The van der Waals surface area contributed by atoms with E-state index in [4.69, 9.17) is 0 Å². The SMILES string of the molecule is CC(C)(Cc1cccc([N+](=O)[O-])c1)NC=O. The van der Waals surface area contributed by atoms with Gasteiger partial charge in [0.15, 0.2) is 0 Å². The zero-order valence-electron chi connectivity index (χ0n) is 9.27. The van der Waals surface area contributed by atoms with Gasteiger partial charge in [-0.05, 0) is 25.8 Å². The summed E-state index contributed by atoms with van der Waals surface area (Å²) in [6, 6.07) is 6.42. The maximum absolute atomic E-state index is 10.6. The monoisotopic (exact) mass is 222 g/mol. The Balaban J connectivity index is 2.85. The molecule has 5 nitrogen and oxygen atoms in total. The van der Waals surface area contributed by atoms with Gasteiger partial charge >= 0.3 is 0 Å². The molecule has 0 spiro atoms. The van der Waals surface area contributed by atoms with E-state index in [-0.39, 0.29) is 5.69 Å². The van der Waals surface area contributed by atoms with E-state index in [1.807, 2.05) is 13.8 Å². The minimum Gasteiger partial charge on any atom is -0.353 e. The molecule has 86 valence electrons. The second-order valence-corrected chi connectivity index (χ2v) is 4.25. The fourth-order valence-corrected chi connectivity index (χ4v) is 1.50. The Bertz CT molecular complexity index is 402. The Morgan fingerprint density at radius 1 is 1.50 bits per heavy atom. The van der Waals surface area contributed by atoms with Gasteiger partial charge in [-0.15, -0.1) is 0 Å².